The van der Waals surface area contributed by atoms with Gasteiger partial charge in [0, 0.05) is 29.7 Å². The first-order valence-electron chi connectivity index (χ1n) is 4.34. The van der Waals surface area contributed by atoms with E-state index in [9.17, 15) is 4.39 Å². The fourth-order valence-electron chi connectivity index (χ4n) is 1.94. The van der Waals surface area contributed by atoms with E-state index in [-0.39, 0.29) is 5.82 Å². The minimum Gasteiger partial charge on any atom is -0.357 e. The summed E-state index contributed by atoms with van der Waals surface area (Å²) in [6, 6.07) is 4.88. The number of aromatic amines is 1. The van der Waals surface area contributed by atoms with Crippen LogP contribution >= 0.6 is 0 Å². The van der Waals surface area contributed by atoms with E-state index in [0.29, 0.717) is 0 Å². The zero-order valence-corrected chi connectivity index (χ0v) is 7.02. The summed E-state index contributed by atoms with van der Waals surface area (Å²) in [7, 11) is 0. The molecule has 0 aliphatic carbocycles. The van der Waals surface area contributed by atoms with Gasteiger partial charge < -0.3 is 10.3 Å². The Morgan fingerprint density at radius 2 is 2.15 bits per heavy atom. The highest BCUT2D eigenvalue weighted by atomic mass is 19.1. The Morgan fingerprint density at radius 3 is 3.08 bits per heavy atom. The molecule has 0 radical (unpaired) electrons. The maximum absolute atomic E-state index is 12.9. The quantitative estimate of drug-likeness (QED) is 0.630. The van der Waals surface area contributed by atoms with Crippen molar-refractivity contribution in [3.63, 3.8) is 0 Å². The van der Waals surface area contributed by atoms with Crippen molar-refractivity contribution in [1.82, 2.24) is 10.3 Å². The monoisotopic (exact) mass is 176 g/mol. The van der Waals surface area contributed by atoms with Crippen molar-refractivity contribution in [2.24, 2.45) is 0 Å². The van der Waals surface area contributed by atoms with E-state index in [1.165, 1.54) is 17.3 Å². The van der Waals surface area contributed by atoms with Crippen LogP contribution in [0.15, 0.2) is 18.2 Å². The van der Waals surface area contributed by atoms with Crippen LogP contribution in [0.4, 0.5) is 4.39 Å². The van der Waals surface area contributed by atoms with Crippen LogP contribution in [-0.2, 0) is 13.1 Å². The third-order valence-electron chi connectivity index (χ3n) is 2.56. The molecule has 0 spiro atoms. The molecule has 0 saturated heterocycles. The molecule has 3 rings (SSSR count). The number of halogens is 1. The van der Waals surface area contributed by atoms with Gasteiger partial charge in [-0.15, -0.1) is 0 Å². The predicted molar refractivity (Wildman–Crippen MR) is 48.8 cm³/mol. The van der Waals surface area contributed by atoms with Crippen LogP contribution < -0.4 is 5.32 Å². The summed E-state index contributed by atoms with van der Waals surface area (Å²) in [4.78, 5) is 3.27. The normalized spacial score (nSPS) is 15.2. The van der Waals surface area contributed by atoms with Crippen molar-refractivity contribution in [2.45, 2.75) is 13.1 Å². The maximum atomic E-state index is 12.9. The van der Waals surface area contributed by atoms with Gasteiger partial charge in [0.2, 0.25) is 0 Å². The number of aromatic nitrogens is 1. The fourth-order valence-corrected chi connectivity index (χ4v) is 1.94. The topological polar surface area (TPSA) is 27.8 Å². The highest BCUT2D eigenvalue weighted by Gasteiger charge is 2.15. The molecule has 1 aliphatic heterocycles. The molecule has 0 fully saturated rings. The number of fused-ring (bicyclic) bond motifs is 3. The third kappa shape index (κ3) is 0.906. The highest BCUT2D eigenvalue weighted by Crippen LogP contribution is 2.26. The summed E-state index contributed by atoms with van der Waals surface area (Å²) in [6.45, 7) is 1.71. The second-order valence-corrected chi connectivity index (χ2v) is 3.38. The molecular formula is C10H9FN2. The van der Waals surface area contributed by atoms with Gasteiger partial charge in [0.25, 0.3) is 0 Å². The van der Waals surface area contributed by atoms with Gasteiger partial charge in [-0.2, -0.15) is 0 Å². The van der Waals surface area contributed by atoms with Gasteiger partial charge in [0.1, 0.15) is 5.82 Å². The van der Waals surface area contributed by atoms with Crippen LogP contribution in [0.5, 0.6) is 0 Å². The molecule has 1 aromatic heterocycles. The minimum atomic E-state index is -0.166. The summed E-state index contributed by atoms with van der Waals surface area (Å²) in [5.41, 5.74) is 3.45. The second kappa shape index (κ2) is 2.33. The molecule has 2 heterocycles. The first-order valence-corrected chi connectivity index (χ1v) is 4.34. The van der Waals surface area contributed by atoms with Crippen LogP contribution in [0, 0.1) is 5.82 Å². The number of hydrogen-bond acceptors (Lipinski definition) is 1. The summed E-state index contributed by atoms with van der Waals surface area (Å²) in [5.74, 6) is -0.166. The molecule has 13 heavy (non-hydrogen) atoms. The van der Waals surface area contributed by atoms with Crippen molar-refractivity contribution in [3.8, 4) is 0 Å². The first-order chi connectivity index (χ1) is 6.34. The zero-order valence-electron chi connectivity index (χ0n) is 7.02. The van der Waals surface area contributed by atoms with Gasteiger partial charge in [0.05, 0.1) is 0 Å². The predicted octanol–water partition coefficient (Wildman–Crippen LogP) is 1.91. The van der Waals surface area contributed by atoms with Crippen molar-refractivity contribution in [2.75, 3.05) is 0 Å². The maximum Gasteiger partial charge on any atom is 0.123 e. The minimum absolute atomic E-state index is 0.166. The molecule has 1 aliphatic rings. The molecule has 66 valence electrons. The molecule has 2 aromatic rings. The van der Waals surface area contributed by atoms with Crippen LogP contribution in [0.25, 0.3) is 10.9 Å². The van der Waals surface area contributed by atoms with Gasteiger partial charge in [-0.05, 0) is 23.8 Å². The molecule has 2 nitrogen and oxygen atoms in total. The smallest absolute Gasteiger partial charge is 0.123 e. The zero-order chi connectivity index (χ0) is 8.84. The first kappa shape index (κ1) is 7.09. The number of hydrogen-bond donors (Lipinski definition) is 2. The van der Waals surface area contributed by atoms with E-state index in [4.69, 9.17) is 0 Å². The lowest BCUT2D eigenvalue weighted by atomic mass is 10.1. The largest absolute Gasteiger partial charge is 0.357 e. The van der Waals surface area contributed by atoms with E-state index < -0.39 is 0 Å². The number of benzene rings is 1. The Balaban J connectivity index is 2.40. The molecule has 0 unspecified atom stereocenters. The van der Waals surface area contributed by atoms with Gasteiger partial charge in [-0.1, -0.05) is 0 Å². The number of rotatable bonds is 0. The van der Waals surface area contributed by atoms with Crippen LogP contribution in [0.1, 0.15) is 11.3 Å². The lowest BCUT2D eigenvalue weighted by Crippen LogP contribution is -2.01. The molecule has 3 heteroatoms. The average Bonchev–Trinajstić information content (AvgIpc) is 2.64. The van der Waals surface area contributed by atoms with E-state index in [2.05, 4.69) is 10.3 Å². The summed E-state index contributed by atoms with van der Waals surface area (Å²) in [6.07, 6.45) is 0. The summed E-state index contributed by atoms with van der Waals surface area (Å²) >= 11 is 0. The van der Waals surface area contributed by atoms with E-state index in [1.807, 2.05) is 0 Å². The van der Waals surface area contributed by atoms with Gasteiger partial charge in [0.15, 0.2) is 0 Å². The number of nitrogens with one attached hydrogen (secondary N) is 2. The van der Waals surface area contributed by atoms with Crippen molar-refractivity contribution in [3.05, 3.63) is 35.3 Å². The SMILES string of the molecule is Fc1ccc2[nH]c3c(c2c1)CNC3. The Morgan fingerprint density at radius 1 is 1.23 bits per heavy atom. The lowest BCUT2D eigenvalue weighted by molar-refractivity contribution is 0.629. The van der Waals surface area contributed by atoms with Gasteiger partial charge >= 0.3 is 0 Å². The highest BCUT2D eigenvalue weighted by molar-refractivity contribution is 5.85. The Labute approximate surface area is 74.8 Å². The number of H-pyrrole nitrogens is 1. The molecular weight excluding hydrogens is 167 g/mol. The Kier molecular flexibility index (Phi) is 1.27. The Hall–Kier alpha value is -1.35. The summed E-state index contributed by atoms with van der Waals surface area (Å²) < 4.78 is 12.9. The standard InChI is InChI=1S/C10H9FN2/c11-6-1-2-9-7(3-6)8-4-12-5-10(8)13-9/h1-3,12-13H,4-5H2. The van der Waals surface area contributed by atoms with Gasteiger partial charge in [-0.3, -0.25) is 0 Å². The molecule has 2 N–H and O–H groups in total. The lowest BCUT2D eigenvalue weighted by Gasteiger charge is -1.94. The van der Waals surface area contributed by atoms with Gasteiger partial charge in [-0.25, -0.2) is 4.39 Å². The van der Waals surface area contributed by atoms with E-state index in [1.54, 1.807) is 12.1 Å². The molecule has 0 saturated carbocycles. The van der Waals surface area contributed by atoms with E-state index >= 15 is 0 Å². The van der Waals surface area contributed by atoms with Crippen LogP contribution in [-0.4, -0.2) is 4.98 Å². The van der Waals surface area contributed by atoms with Crippen molar-refractivity contribution < 1.29 is 4.39 Å². The second-order valence-electron chi connectivity index (χ2n) is 3.38. The van der Waals surface area contributed by atoms with Crippen LogP contribution in [0.3, 0.4) is 0 Å². The molecule has 0 amide bonds. The molecule has 0 atom stereocenters. The fraction of sp³-hybridized carbons (Fsp3) is 0.200. The average molecular weight is 176 g/mol. The third-order valence-corrected chi connectivity index (χ3v) is 2.56. The van der Waals surface area contributed by atoms with Crippen LogP contribution in [0.2, 0.25) is 0 Å². The van der Waals surface area contributed by atoms with Crippen molar-refractivity contribution >= 4 is 10.9 Å². The molecule has 0 bridgehead atoms. The Bertz CT molecular complexity index is 473. The summed E-state index contributed by atoms with van der Waals surface area (Å²) in [5, 5.41) is 4.24. The molecule has 1 aromatic carbocycles. The van der Waals surface area contributed by atoms with E-state index in [0.717, 1.165) is 24.0 Å². The van der Waals surface area contributed by atoms with Crippen molar-refractivity contribution in [1.29, 1.82) is 0 Å².